The third-order valence-corrected chi connectivity index (χ3v) is 8.32. The summed E-state index contributed by atoms with van der Waals surface area (Å²) in [5, 5.41) is 15.6. The minimum absolute atomic E-state index is 0.0676. The van der Waals surface area contributed by atoms with Gasteiger partial charge in [0.05, 0.1) is 0 Å². The predicted octanol–water partition coefficient (Wildman–Crippen LogP) is 6.25. The van der Waals surface area contributed by atoms with Crippen LogP contribution in [0.2, 0.25) is 0 Å². The van der Waals surface area contributed by atoms with Gasteiger partial charge in [-0.05, 0) is 108 Å². The molecule has 0 spiro atoms. The molecule has 3 atom stereocenters. The third-order valence-electron chi connectivity index (χ3n) is 8.32. The van der Waals surface area contributed by atoms with Crippen molar-refractivity contribution in [1.82, 2.24) is 15.5 Å². The van der Waals surface area contributed by atoms with E-state index in [1.54, 1.807) is 58.6 Å². The van der Waals surface area contributed by atoms with E-state index in [1.807, 2.05) is 62.4 Å². The molecule has 3 aromatic rings. The second-order valence-corrected chi connectivity index (χ2v) is 15.0. The molecular formula is C40H51N3O7. The van der Waals surface area contributed by atoms with Crippen molar-refractivity contribution >= 4 is 23.9 Å². The van der Waals surface area contributed by atoms with Crippen LogP contribution < -0.4 is 10.6 Å². The Morgan fingerprint density at radius 1 is 0.760 bits per heavy atom. The second kappa shape index (κ2) is 15.8. The summed E-state index contributed by atoms with van der Waals surface area (Å²) in [4.78, 5) is 57.9. The molecule has 1 saturated carbocycles. The van der Waals surface area contributed by atoms with Crippen LogP contribution >= 0.6 is 0 Å². The Bertz CT molecular complexity index is 1650. The van der Waals surface area contributed by atoms with Crippen LogP contribution in [0.4, 0.5) is 4.79 Å². The zero-order valence-electron chi connectivity index (χ0n) is 30.4. The molecule has 3 N–H and O–H groups in total. The van der Waals surface area contributed by atoms with Gasteiger partial charge in [-0.3, -0.25) is 9.59 Å². The van der Waals surface area contributed by atoms with Crippen LogP contribution in [0.3, 0.4) is 0 Å². The lowest BCUT2D eigenvalue weighted by Crippen LogP contribution is -2.56. The average molecular weight is 686 g/mol. The zero-order chi connectivity index (χ0) is 36.8. The quantitative estimate of drug-likeness (QED) is 0.192. The molecule has 268 valence electrons. The van der Waals surface area contributed by atoms with E-state index in [0.717, 1.165) is 16.7 Å². The van der Waals surface area contributed by atoms with E-state index >= 15 is 0 Å². The molecule has 4 rings (SSSR count). The summed E-state index contributed by atoms with van der Waals surface area (Å²) < 4.78 is 11.3. The molecule has 3 amide bonds. The van der Waals surface area contributed by atoms with Gasteiger partial charge in [0.1, 0.15) is 35.1 Å². The SMILES string of the molecule is Cc1cccc(C(C(=O)NC(Cc2ccccc2)C(=O)OC(C)(C)C)N(C(=O)C(Cc2ccc(O)cc2)NC(=O)OC(C)(C)C)C2CC2)c1C. The van der Waals surface area contributed by atoms with Gasteiger partial charge in [-0.15, -0.1) is 0 Å². The van der Waals surface area contributed by atoms with Gasteiger partial charge in [0.2, 0.25) is 11.8 Å². The van der Waals surface area contributed by atoms with Crippen molar-refractivity contribution in [3.63, 3.8) is 0 Å². The summed E-state index contributed by atoms with van der Waals surface area (Å²) in [6.07, 6.45) is 0.821. The Balaban J connectivity index is 1.78. The number of hydrogen-bond donors (Lipinski definition) is 3. The van der Waals surface area contributed by atoms with Crippen molar-refractivity contribution in [2.24, 2.45) is 0 Å². The number of hydrogen-bond acceptors (Lipinski definition) is 7. The van der Waals surface area contributed by atoms with E-state index in [-0.39, 0.29) is 24.6 Å². The monoisotopic (exact) mass is 685 g/mol. The number of esters is 1. The minimum atomic E-state index is -1.13. The van der Waals surface area contributed by atoms with Gasteiger partial charge in [0, 0.05) is 18.9 Å². The number of alkyl carbamates (subject to hydrolysis) is 1. The topological polar surface area (TPSA) is 134 Å². The highest BCUT2D eigenvalue weighted by Gasteiger charge is 2.45. The molecule has 10 nitrogen and oxygen atoms in total. The lowest BCUT2D eigenvalue weighted by atomic mass is 9.94. The summed E-state index contributed by atoms with van der Waals surface area (Å²) >= 11 is 0. The van der Waals surface area contributed by atoms with Crippen molar-refractivity contribution in [1.29, 1.82) is 0 Å². The van der Waals surface area contributed by atoms with Crippen LogP contribution in [0, 0.1) is 13.8 Å². The molecule has 0 aliphatic heterocycles. The van der Waals surface area contributed by atoms with Gasteiger partial charge in [-0.1, -0.05) is 60.7 Å². The average Bonchev–Trinajstić information content (AvgIpc) is 3.85. The summed E-state index contributed by atoms with van der Waals surface area (Å²) in [6.45, 7) is 14.3. The number of benzene rings is 3. The van der Waals surface area contributed by atoms with E-state index in [2.05, 4.69) is 10.6 Å². The fraction of sp³-hybridized carbons (Fsp3) is 0.450. The van der Waals surface area contributed by atoms with Gasteiger partial charge < -0.3 is 30.1 Å². The standard InChI is InChI=1S/C40H51N3O7/c1-25-13-12-16-31(26(25)2)34(35(45)41-33(37(47)49-39(3,4)5)24-27-14-10-9-11-15-27)43(29-19-20-29)36(46)32(42-38(48)50-40(6,7)8)23-28-17-21-30(44)22-18-28/h9-18,21-22,29,32-34,44H,19-20,23-24H2,1-8H3,(H,41,45)(H,42,48). The van der Waals surface area contributed by atoms with E-state index in [9.17, 15) is 24.3 Å². The predicted molar refractivity (Wildman–Crippen MR) is 191 cm³/mol. The summed E-state index contributed by atoms with van der Waals surface area (Å²) in [5.41, 5.74) is 2.29. The maximum Gasteiger partial charge on any atom is 0.408 e. The van der Waals surface area contributed by atoms with Gasteiger partial charge in [0.25, 0.3) is 0 Å². The number of phenolic OH excluding ortho intramolecular Hbond substituents is 1. The smallest absolute Gasteiger partial charge is 0.408 e. The molecule has 10 heteroatoms. The number of aromatic hydroxyl groups is 1. The van der Waals surface area contributed by atoms with Crippen LogP contribution in [0.5, 0.6) is 5.75 Å². The number of phenols is 1. The van der Waals surface area contributed by atoms with E-state index < -0.39 is 53.2 Å². The van der Waals surface area contributed by atoms with E-state index in [1.165, 1.54) is 12.1 Å². The van der Waals surface area contributed by atoms with Crippen molar-refractivity contribution in [2.45, 2.75) is 116 Å². The van der Waals surface area contributed by atoms with Crippen molar-refractivity contribution < 1.29 is 33.8 Å². The first kappa shape index (κ1) is 38.0. The molecule has 0 radical (unpaired) electrons. The maximum absolute atomic E-state index is 14.8. The fourth-order valence-corrected chi connectivity index (χ4v) is 5.72. The Kier molecular flexibility index (Phi) is 12.0. The molecule has 3 aromatic carbocycles. The van der Waals surface area contributed by atoms with Crippen molar-refractivity contribution in [3.8, 4) is 5.75 Å². The minimum Gasteiger partial charge on any atom is -0.508 e. The first-order valence-corrected chi connectivity index (χ1v) is 17.1. The second-order valence-electron chi connectivity index (χ2n) is 15.0. The molecule has 0 bridgehead atoms. The first-order valence-electron chi connectivity index (χ1n) is 17.1. The van der Waals surface area contributed by atoms with Crippen molar-refractivity contribution in [2.75, 3.05) is 0 Å². The van der Waals surface area contributed by atoms with Gasteiger partial charge in [0.15, 0.2) is 0 Å². The number of rotatable bonds is 12. The Morgan fingerprint density at radius 3 is 1.92 bits per heavy atom. The van der Waals surface area contributed by atoms with Crippen molar-refractivity contribution in [3.05, 3.63) is 101 Å². The lowest BCUT2D eigenvalue weighted by Gasteiger charge is -2.36. The fourth-order valence-electron chi connectivity index (χ4n) is 5.72. The van der Waals surface area contributed by atoms with Crippen LogP contribution in [0.1, 0.15) is 88.2 Å². The van der Waals surface area contributed by atoms with Crippen LogP contribution in [0.15, 0.2) is 72.8 Å². The summed E-state index contributed by atoms with van der Waals surface area (Å²) in [6, 6.07) is 17.8. The third kappa shape index (κ3) is 10.8. The zero-order valence-corrected chi connectivity index (χ0v) is 30.4. The largest absolute Gasteiger partial charge is 0.508 e. The number of nitrogens with one attached hydrogen (secondary N) is 2. The molecule has 0 aromatic heterocycles. The molecule has 1 aliphatic rings. The van der Waals surface area contributed by atoms with Crippen LogP contribution in [-0.4, -0.2) is 63.2 Å². The number of amides is 3. The maximum atomic E-state index is 14.8. The van der Waals surface area contributed by atoms with E-state index in [0.29, 0.717) is 24.0 Å². The highest BCUT2D eigenvalue weighted by atomic mass is 16.6. The van der Waals surface area contributed by atoms with Gasteiger partial charge in [-0.25, -0.2) is 9.59 Å². The van der Waals surface area contributed by atoms with Crippen LogP contribution in [-0.2, 0) is 36.7 Å². The number of carbonyl (C=O) groups excluding carboxylic acids is 4. The summed E-state index contributed by atoms with van der Waals surface area (Å²) in [5.74, 6) is -1.52. The van der Waals surface area contributed by atoms with Gasteiger partial charge in [-0.2, -0.15) is 0 Å². The van der Waals surface area contributed by atoms with Gasteiger partial charge >= 0.3 is 12.1 Å². The first-order chi connectivity index (χ1) is 23.4. The summed E-state index contributed by atoms with van der Waals surface area (Å²) in [7, 11) is 0. The molecule has 0 saturated heterocycles. The highest BCUT2D eigenvalue weighted by Crippen LogP contribution is 2.37. The molecule has 1 aliphatic carbocycles. The number of nitrogens with zero attached hydrogens (tertiary/aromatic N) is 1. The normalized spacial score (nSPS) is 14.9. The Morgan fingerprint density at radius 2 is 1.34 bits per heavy atom. The Labute approximate surface area is 295 Å². The highest BCUT2D eigenvalue weighted by molar-refractivity contribution is 5.94. The number of ether oxygens (including phenoxy) is 2. The molecule has 1 fully saturated rings. The lowest BCUT2D eigenvalue weighted by molar-refractivity contribution is -0.159. The Hall–Kier alpha value is -4.86. The van der Waals surface area contributed by atoms with E-state index in [4.69, 9.17) is 9.47 Å². The molecular weight excluding hydrogens is 634 g/mol. The molecule has 50 heavy (non-hydrogen) atoms. The number of aryl methyl sites for hydroxylation is 1. The number of carbonyl (C=O) groups is 4. The molecule has 0 heterocycles. The molecule has 3 unspecified atom stereocenters. The van der Waals surface area contributed by atoms with Crippen LogP contribution in [0.25, 0.3) is 0 Å².